The van der Waals surface area contributed by atoms with E-state index in [1.165, 1.54) is 6.20 Å². The number of aromatic nitrogens is 3. The second kappa shape index (κ2) is 5.71. The van der Waals surface area contributed by atoms with E-state index in [-0.39, 0.29) is 15.8 Å². The third-order valence-electron chi connectivity index (χ3n) is 2.99. The molecular weight excluding hydrogens is 344 g/mol. The molecule has 0 atom stereocenters. The van der Waals surface area contributed by atoms with Gasteiger partial charge in [-0.25, -0.2) is 8.42 Å². The van der Waals surface area contributed by atoms with E-state index < -0.39 is 9.84 Å². The van der Waals surface area contributed by atoms with Crippen LogP contribution in [0.4, 0.5) is 5.13 Å². The van der Waals surface area contributed by atoms with Gasteiger partial charge in [0.2, 0.25) is 5.13 Å². The lowest BCUT2D eigenvalue weighted by atomic mass is 10.1. The molecule has 0 unspecified atom stereocenters. The molecular formula is C13H11ClN4O2S2. The van der Waals surface area contributed by atoms with Gasteiger partial charge in [0, 0.05) is 23.0 Å². The van der Waals surface area contributed by atoms with Crippen LogP contribution in [0, 0.1) is 0 Å². The minimum Gasteiger partial charge on any atom is -0.374 e. The first kappa shape index (κ1) is 15.0. The van der Waals surface area contributed by atoms with Crippen molar-refractivity contribution >= 4 is 37.9 Å². The molecule has 0 bridgehead atoms. The number of sulfone groups is 1. The average Bonchev–Trinajstić information content (AvgIpc) is 3.09. The minimum absolute atomic E-state index is 0.212. The lowest BCUT2D eigenvalue weighted by molar-refractivity contribution is 0.595. The first-order valence-corrected chi connectivity index (χ1v) is 9.04. The SMILES string of the molecule is Nc1nnc(CS(=O)(=O)c2c[nH]cc2-c2ccc(Cl)cc2)s1. The number of rotatable bonds is 4. The molecule has 2 heterocycles. The molecule has 114 valence electrons. The molecule has 0 radical (unpaired) electrons. The Labute approximate surface area is 135 Å². The van der Waals surface area contributed by atoms with Crippen LogP contribution in [0.1, 0.15) is 5.01 Å². The summed E-state index contributed by atoms with van der Waals surface area (Å²) in [5.74, 6) is -0.236. The highest BCUT2D eigenvalue weighted by Crippen LogP contribution is 2.30. The quantitative estimate of drug-likeness (QED) is 0.750. The molecule has 9 heteroatoms. The molecule has 0 aliphatic rings. The van der Waals surface area contributed by atoms with Crippen molar-refractivity contribution in [3.8, 4) is 11.1 Å². The molecule has 0 saturated heterocycles. The van der Waals surface area contributed by atoms with Crippen molar-refractivity contribution in [2.75, 3.05) is 5.73 Å². The summed E-state index contributed by atoms with van der Waals surface area (Å²) in [5.41, 5.74) is 6.84. The number of anilines is 1. The molecule has 3 aromatic rings. The summed E-state index contributed by atoms with van der Waals surface area (Å²) < 4.78 is 25.2. The molecule has 3 rings (SSSR count). The van der Waals surface area contributed by atoms with Crippen LogP contribution >= 0.6 is 22.9 Å². The molecule has 0 saturated carbocycles. The smallest absolute Gasteiger partial charge is 0.203 e. The maximum atomic E-state index is 12.6. The Morgan fingerprint density at radius 2 is 1.91 bits per heavy atom. The number of halogens is 1. The van der Waals surface area contributed by atoms with Crippen molar-refractivity contribution in [3.05, 3.63) is 46.7 Å². The monoisotopic (exact) mass is 354 g/mol. The lowest BCUT2D eigenvalue weighted by Gasteiger charge is -2.05. The molecule has 3 N–H and O–H groups in total. The number of benzene rings is 1. The van der Waals surface area contributed by atoms with Gasteiger partial charge in [0.15, 0.2) is 9.84 Å². The number of hydrogen-bond donors (Lipinski definition) is 2. The number of nitrogens with zero attached hydrogens (tertiary/aromatic N) is 2. The van der Waals surface area contributed by atoms with E-state index in [1.54, 1.807) is 30.5 Å². The van der Waals surface area contributed by atoms with Crippen molar-refractivity contribution < 1.29 is 8.42 Å². The molecule has 0 spiro atoms. The van der Waals surface area contributed by atoms with Crippen molar-refractivity contribution in [1.82, 2.24) is 15.2 Å². The molecule has 0 amide bonds. The van der Waals surface area contributed by atoms with Crippen LogP contribution in [-0.2, 0) is 15.6 Å². The fourth-order valence-corrected chi connectivity index (χ4v) is 4.56. The second-order valence-corrected chi connectivity index (χ2v) is 8.02. The Morgan fingerprint density at radius 1 is 1.18 bits per heavy atom. The van der Waals surface area contributed by atoms with Gasteiger partial charge < -0.3 is 10.7 Å². The minimum atomic E-state index is -3.56. The first-order chi connectivity index (χ1) is 10.5. The summed E-state index contributed by atoms with van der Waals surface area (Å²) in [5, 5.41) is 8.59. The normalized spacial score (nSPS) is 11.7. The van der Waals surface area contributed by atoms with Gasteiger partial charge in [-0.1, -0.05) is 35.1 Å². The first-order valence-electron chi connectivity index (χ1n) is 6.19. The highest BCUT2D eigenvalue weighted by Gasteiger charge is 2.23. The summed E-state index contributed by atoms with van der Waals surface area (Å²) >= 11 is 6.92. The summed E-state index contributed by atoms with van der Waals surface area (Å²) in [6, 6.07) is 6.97. The molecule has 22 heavy (non-hydrogen) atoms. The van der Waals surface area contributed by atoms with Gasteiger partial charge in [-0.2, -0.15) is 0 Å². The molecule has 0 aliphatic carbocycles. The number of hydrogen-bond acceptors (Lipinski definition) is 6. The molecule has 0 aliphatic heterocycles. The molecule has 1 aromatic carbocycles. The van der Waals surface area contributed by atoms with E-state index >= 15 is 0 Å². The zero-order valence-corrected chi connectivity index (χ0v) is 13.5. The maximum Gasteiger partial charge on any atom is 0.203 e. The lowest BCUT2D eigenvalue weighted by Crippen LogP contribution is -2.05. The van der Waals surface area contributed by atoms with E-state index in [0.717, 1.165) is 16.9 Å². The van der Waals surface area contributed by atoms with Gasteiger partial charge in [0.05, 0.1) is 4.90 Å². The van der Waals surface area contributed by atoms with Gasteiger partial charge in [-0.3, -0.25) is 0 Å². The number of H-pyrrole nitrogens is 1. The number of nitrogen functional groups attached to an aromatic ring is 1. The van der Waals surface area contributed by atoms with Crippen LogP contribution in [0.5, 0.6) is 0 Å². The van der Waals surface area contributed by atoms with E-state index in [4.69, 9.17) is 17.3 Å². The number of nitrogens with two attached hydrogens (primary N) is 1. The fraction of sp³-hybridized carbons (Fsp3) is 0.0769. The van der Waals surface area contributed by atoms with E-state index in [0.29, 0.717) is 15.6 Å². The van der Waals surface area contributed by atoms with Gasteiger partial charge in [0.25, 0.3) is 0 Å². The Morgan fingerprint density at radius 3 is 2.55 bits per heavy atom. The van der Waals surface area contributed by atoms with Crippen LogP contribution in [0.3, 0.4) is 0 Å². The molecule has 6 nitrogen and oxygen atoms in total. The molecule has 2 aromatic heterocycles. The third kappa shape index (κ3) is 2.99. The Hall–Kier alpha value is -1.90. The highest BCUT2D eigenvalue weighted by atomic mass is 35.5. The summed E-state index contributed by atoms with van der Waals surface area (Å²) in [6.45, 7) is 0. The predicted octanol–water partition coefficient (Wildman–Crippen LogP) is 2.74. The number of nitrogens with one attached hydrogen (secondary N) is 1. The van der Waals surface area contributed by atoms with Crippen molar-refractivity contribution in [1.29, 1.82) is 0 Å². The van der Waals surface area contributed by atoms with Crippen LogP contribution in [0.2, 0.25) is 5.02 Å². The van der Waals surface area contributed by atoms with Gasteiger partial charge >= 0.3 is 0 Å². The van der Waals surface area contributed by atoms with E-state index in [9.17, 15) is 8.42 Å². The van der Waals surface area contributed by atoms with Crippen molar-refractivity contribution in [3.63, 3.8) is 0 Å². The Balaban J connectivity index is 1.98. The zero-order chi connectivity index (χ0) is 15.7. The maximum absolute atomic E-state index is 12.6. The van der Waals surface area contributed by atoms with Crippen LogP contribution in [-0.4, -0.2) is 23.6 Å². The zero-order valence-electron chi connectivity index (χ0n) is 11.2. The van der Waals surface area contributed by atoms with Gasteiger partial charge in [-0.05, 0) is 17.7 Å². The van der Waals surface area contributed by atoms with Crippen LogP contribution in [0.25, 0.3) is 11.1 Å². The third-order valence-corrected chi connectivity index (χ3v) is 5.84. The topological polar surface area (TPSA) is 102 Å². The largest absolute Gasteiger partial charge is 0.374 e. The molecule has 0 fully saturated rings. The summed E-state index contributed by atoms with van der Waals surface area (Å²) in [6.07, 6.45) is 3.11. The summed E-state index contributed by atoms with van der Waals surface area (Å²) in [4.78, 5) is 3.05. The van der Waals surface area contributed by atoms with Crippen LogP contribution < -0.4 is 5.73 Å². The standard InChI is InChI=1S/C13H11ClN4O2S2/c14-9-3-1-8(2-4-9)10-5-16-6-11(10)22(19,20)7-12-17-18-13(15)21-12/h1-6,16H,7H2,(H2,15,18). The van der Waals surface area contributed by atoms with Crippen LogP contribution in [0.15, 0.2) is 41.6 Å². The van der Waals surface area contributed by atoms with Gasteiger partial charge in [0.1, 0.15) is 10.8 Å². The predicted molar refractivity (Wildman–Crippen MR) is 86.4 cm³/mol. The Bertz CT molecular complexity index is 900. The van der Waals surface area contributed by atoms with E-state index in [2.05, 4.69) is 15.2 Å². The second-order valence-electron chi connectivity index (χ2n) is 4.53. The average molecular weight is 355 g/mol. The van der Waals surface area contributed by atoms with Crippen molar-refractivity contribution in [2.45, 2.75) is 10.6 Å². The Kier molecular flexibility index (Phi) is 3.90. The van der Waals surface area contributed by atoms with Gasteiger partial charge in [-0.15, -0.1) is 10.2 Å². The highest BCUT2D eigenvalue weighted by molar-refractivity contribution is 7.91. The van der Waals surface area contributed by atoms with Crippen molar-refractivity contribution in [2.24, 2.45) is 0 Å². The number of aromatic amines is 1. The fourth-order valence-electron chi connectivity index (χ4n) is 2.03. The van der Waals surface area contributed by atoms with E-state index in [1.807, 2.05) is 0 Å². The summed E-state index contributed by atoms with van der Waals surface area (Å²) in [7, 11) is -3.56.